The number of aliphatic hydroxyl groups excluding tert-OH is 6. The molecule has 2 aliphatic carbocycles. The number of aliphatic hydroxyl groups is 6. The summed E-state index contributed by atoms with van der Waals surface area (Å²) in [4.78, 5) is 25.3. The van der Waals surface area contributed by atoms with E-state index in [9.17, 15) is 45.3 Å². The second kappa shape index (κ2) is 11.2. The van der Waals surface area contributed by atoms with Gasteiger partial charge in [0.2, 0.25) is 0 Å². The number of aliphatic carboxylic acids is 1. The summed E-state index contributed by atoms with van der Waals surface area (Å²) < 4.78 is 17.0. The van der Waals surface area contributed by atoms with Crippen molar-refractivity contribution in [2.24, 2.45) is 27.6 Å². The van der Waals surface area contributed by atoms with E-state index in [0.717, 1.165) is 0 Å². The topological polar surface area (TPSA) is 207 Å². The molecule has 3 aliphatic rings. The molecule has 4 rings (SSSR count). The summed E-state index contributed by atoms with van der Waals surface area (Å²) in [6.45, 7) is 0.0387. The first-order valence-corrected chi connectivity index (χ1v) is 13.5. The summed E-state index contributed by atoms with van der Waals surface area (Å²) in [5, 5.41) is 77.7. The van der Waals surface area contributed by atoms with E-state index in [-0.39, 0.29) is 31.3 Å². The largest absolute Gasteiger partial charge is 0.481 e. The average molecular weight is 569 g/mol. The summed E-state index contributed by atoms with van der Waals surface area (Å²) >= 11 is 0. The molecule has 1 aliphatic heterocycles. The van der Waals surface area contributed by atoms with Crippen LogP contribution in [-0.4, -0.2) is 92.6 Å². The lowest BCUT2D eigenvalue weighted by Gasteiger charge is -2.73. The number of rotatable bonds is 9. The van der Waals surface area contributed by atoms with Gasteiger partial charge < -0.3 is 49.6 Å². The van der Waals surface area contributed by atoms with Crippen LogP contribution in [0.15, 0.2) is 34.7 Å². The van der Waals surface area contributed by atoms with Crippen LogP contribution < -0.4 is 0 Å². The van der Waals surface area contributed by atoms with Gasteiger partial charge >= 0.3 is 11.9 Å². The second-order valence-electron chi connectivity index (χ2n) is 11.6. The van der Waals surface area contributed by atoms with E-state index in [2.05, 4.69) is 0 Å². The smallest absolute Gasteiger partial charge is 0.333 e. The highest BCUT2D eigenvalue weighted by molar-refractivity contribution is 5.87. The fourth-order valence-corrected chi connectivity index (χ4v) is 8.57. The lowest BCUT2D eigenvalue weighted by molar-refractivity contribution is -0.359. The lowest BCUT2D eigenvalue weighted by atomic mass is 9.31. The molecule has 1 aromatic heterocycles. The van der Waals surface area contributed by atoms with Crippen molar-refractivity contribution in [2.75, 3.05) is 26.4 Å². The Balaban J connectivity index is 1.99. The van der Waals surface area contributed by atoms with Gasteiger partial charge in [-0.2, -0.15) is 0 Å². The first-order chi connectivity index (χ1) is 19.0. The predicted octanol–water partition coefficient (Wildman–Crippen LogP) is 0.501. The molecule has 2 saturated carbocycles. The van der Waals surface area contributed by atoms with E-state index >= 15 is 0 Å². The van der Waals surface area contributed by atoms with Crippen LogP contribution in [-0.2, 0) is 19.1 Å². The summed E-state index contributed by atoms with van der Waals surface area (Å²) in [5.74, 6) is -2.98. The monoisotopic (exact) mass is 568 g/mol. The summed E-state index contributed by atoms with van der Waals surface area (Å²) in [6.07, 6.45) is -1.92. The average Bonchev–Trinajstić information content (AvgIpc) is 3.59. The van der Waals surface area contributed by atoms with Gasteiger partial charge in [-0.25, -0.2) is 4.79 Å². The van der Waals surface area contributed by atoms with E-state index < -0.39 is 97.0 Å². The molecule has 9 unspecified atom stereocenters. The van der Waals surface area contributed by atoms with Crippen molar-refractivity contribution in [1.82, 2.24) is 0 Å². The van der Waals surface area contributed by atoms with Crippen LogP contribution in [0.5, 0.6) is 0 Å². The molecule has 2 heterocycles. The number of hydrogen-bond donors (Lipinski definition) is 7. The van der Waals surface area contributed by atoms with Crippen molar-refractivity contribution in [3.63, 3.8) is 0 Å². The van der Waals surface area contributed by atoms with Crippen molar-refractivity contribution in [3.8, 4) is 0 Å². The normalized spacial score (nSPS) is 41.6. The SMILES string of the molecule is CC=C(C)C(=O)OC1CCC2(CO)C3(CC(c4ccoc4)OC3O)C(CO)CC(O)C2(CO)C1(CO)CC(=O)O. The molecule has 0 bridgehead atoms. The van der Waals surface area contributed by atoms with Gasteiger partial charge in [-0.1, -0.05) is 6.08 Å². The minimum Gasteiger partial charge on any atom is -0.481 e. The minimum absolute atomic E-state index is 0.0324. The summed E-state index contributed by atoms with van der Waals surface area (Å²) in [7, 11) is 0. The van der Waals surface area contributed by atoms with Crippen LogP contribution in [0.25, 0.3) is 0 Å². The number of furan rings is 1. The van der Waals surface area contributed by atoms with Crippen LogP contribution in [0.2, 0.25) is 0 Å². The van der Waals surface area contributed by atoms with Gasteiger partial charge in [-0.05, 0) is 51.5 Å². The van der Waals surface area contributed by atoms with Crippen LogP contribution in [0.3, 0.4) is 0 Å². The number of carboxylic acids is 1. The van der Waals surface area contributed by atoms with Gasteiger partial charge in [-0.3, -0.25) is 4.79 Å². The third kappa shape index (κ3) is 3.92. The number of carbonyl (C=O) groups is 2. The van der Waals surface area contributed by atoms with Gasteiger partial charge in [-0.15, -0.1) is 0 Å². The van der Waals surface area contributed by atoms with Gasteiger partial charge in [0.05, 0.1) is 56.4 Å². The molecule has 9 atom stereocenters. The molecule has 1 saturated heterocycles. The van der Waals surface area contributed by atoms with Crippen molar-refractivity contribution in [1.29, 1.82) is 0 Å². The van der Waals surface area contributed by atoms with Crippen LogP contribution in [0, 0.1) is 27.6 Å². The lowest BCUT2D eigenvalue weighted by Crippen LogP contribution is -2.79. The molecule has 12 nitrogen and oxygen atoms in total. The third-order valence-corrected chi connectivity index (χ3v) is 10.6. The molecule has 1 aromatic rings. The highest BCUT2D eigenvalue weighted by Crippen LogP contribution is 2.77. The maximum Gasteiger partial charge on any atom is 0.333 e. The van der Waals surface area contributed by atoms with Gasteiger partial charge in [0.1, 0.15) is 6.10 Å². The Labute approximate surface area is 231 Å². The summed E-state index contributed by atoms with van der Waals surface area (Å²) in [6, 6.07) is 1.65. The van der Waals surface area contributed by atoms with Crippen molar-refractivity contribution in [3.05, 3.63) is 35.8 Å². The molecule has 0 amide bonds. The Morgan fingerprint density at radius 3 is 2.40 bits per heavy atom. The first-order valence-electron chi connectivity index (χ1n) is 13.5. The van der Waals surface area contributed by atoms with E-state index in [1.807, 2.05) is 0 Å². The van der Waals surface area contributed by atoms with Crippen molar-refractivity contribution < 1.29 is 59.2 Å². The zero-order valence-corrected chi connectivity index (χ0v) is 22.7. The molecule has 3 fully saturated rings. The van der Waals surface area contributed by atoms with Crippen LogP contribution in [0.4, 0.5) is 0 Å². The molecule has 0 aromatic carbocycles. The van der Waals surface area contributed by atoms with E-state index in [1.165, 1.54) is 25.5 Å². The Bertz CT molecular complexity index is 1100. The Morgan fingerprint density at radius 1 is 1.15 bits per heavy atom. The molecule has 224 valence electrons. The maximum absolute atomic E-state index is 12.9. The van der Waals surface area contributed by atoms with Crippen LogP contribution >= 0.6 is 0 Å². The molecule has 7 N–H and O–H groups in total. The Morgan fingerprint density at radius 2 is 1.88 bits per heavy atom. The molecular formula is C28H40O12. The number of carboxylic acid groups (broad SMARTS) is 1. The fraction of sp³-hybridized carbons (Fsp3) is 0.714. The molecule has 40 heavy (non-hydrogen) atoms. The van der Waals surface area contributed by atoms with Crippen LogP contribution in [0.1, 0.15) is 57.6 Å². The van der Waals surface area contributed by atoms with Crippen molar-refractivity contribution in [2.45, 2.75) is 70.6 Å². The zero-order valence-electron chi connectivity index (χ0n) is 22.7. The number of fused-ring (bicyclic) bond motifs is 2. The second-order valence-corrected chi connectivity index (χ2v) is 11.6. The predicted molar refractivity (Wildman–Crippen MR) is 136 cm³/mol. The maximum atomic E-state index is 12.9. The van der Waals surface area contributed by atoms with E-state index in [1.54, 1.807) is 13.0 Å². The number of hydrogen-bond acceptors (Lipinski definition) is 11. The Kier molecular flexibility index (Phi) is 8.55. The zero-order chi connectivity index (χ0) is 29.5. The van der Waals surface area contributed by atoms with Gasteiger partial charge in [0.15, 0.2) is 6.29 Å². The molecule has 0 radical (unpaired) electrons. The number of esters is 1. The standard InChI is InChI=1S/C28H40O12/c1-3-16(2)23(36)40-21-4-6-26(14-31)27(9-19(39-24(27)37)17-5-7-38-12-17)18(11-29)8-20(33)28(26,15-32)25(21,13-30)10-22(34)35/h3,5,7,12,18-21,24,29-33,37H,4,6,8-11,13-15H2,1-2H3,(H,34,35). The number of carbonyl (C=O) groups excluding carboxylic acids is 1. The first kappa shape index (κ1) is 30.6. The highest BCUT2D eigenvalue weighted by Gasteiger charge is 2.82. The number of allylic oxidation sites excluding steroid dienone is 1. The quantitative estimate of drug-likeness (QED) is 0.161. The Hall–Kier alpha value is -2.32. The third-order valence-electron chi connectivity index (χ3n) is 10.6. The molecule has 12 heteroatoms. The fourth-order valence-electron chi connectivity index (χ4n) is 8.57. The van der Waals surface area contributed by atoms with Crippen molar-refractivity contribution >= 4 is 11.9 Å². The van der Waals surface area contributed by atoms with Gasteiger partial charge in [0.25, 0.3) is 0 Å². The van der Waals surface area contributed by atoms with Gasteiger partial charge in [0, 0.05) is 34.0 Å². The van der Waals surface area contributed by atoms with E-state index in [4.69, 9.17) is 13.9 Å². The molecular weight excluding hydrogens is 528 g/mol. The summed E-state index contributed by atoms with van der Waals surface area (Å²) in [5.41, 5.74) is -6.36. The van der Waals surface area contributed by atoms with E-state index in [0.29, 0.717) is 5.56 Å². The molecule has 1 spiro atoms. The minimum atomic E-state index is -2.00. The number of ether oxygens (including phenoxy) is 2. The highest BCUT2D eigenvalue weighted by atomic mass is 16.6.